The van der Waals surface area contributed by atoms with E-state index >= 15 is 0 Å². The fourth-order valence-corrected chi connectivity index (χ4v) is 1.79. The van der Waals surface area contributed by atoms with Crippen LogP contribution in [-0.2, 0) is 11.3 Å². The van der Waals surface area contributed by atoms with Crippen molar-refractivity contribution in [1.29, 1.82) is 0 Å². The van der Waals surface area contributed by atoms with Crippen LogP contribution in [0.2, 0.25) is 0 Å². The molecule has 1 N–H and O–H groups in total. The molecule has 1 saturated carbocycles. The number of carboxylic acids is 1. The van der Waals surface area contributed by atoms with Crippen molar-refractivity contribution in [2.45, 2.75) is 19.4 Å². The van der Waals surface area contributed by atoms with Crippen molar-refractivity contribution in [2.24, 2.45) is 5.92 Å². The number of hydrogen-bond donors (Lipinski definition) is 1. The lowest BCUT2D eigenvalue weighted by Crippen LogP contribution is -2.31. The number of aromatic nitrogens is 1. The van der Waals surface area contributed by atoms with Crippen molar-refractivity contribution < 1.29 is 9.90 Å². The zero-order valence-corrected chi connectivity index (χ0v) is 9.17. The van der Waals surface area contributed by atoms with Crippen molar-refractivity contribution in [2.75, 3.05) is 13.1 Å². The highest BCUT2D eigenvalue weighted by atomic mass is 16.4. The second-order valence-corrected chi connectivity index (χ2v) is 4.36. The summed E-state index contributed by atoms with van der Waals surface area (Å²) in [6.45, 7) is 1.72. The summed E-state index contributed by atoms with van der Waals surface area (Å²) in [6.07, 6.45) is 5.97. The molecule has 0 saturated heterocycles. The number of pyridine rings is 1. The van der Waals surface area contributed by atoms with E-state index in [9.17, 15) is 4.79 Å². The van der Waals surface area contributed by atoms with Gasteiger partial charge >= 0.3 is 5.97 Å². The number of carbonyl (C=O) groups is 1. The maximum atomic E-state index is 10.7. The van der Waals surface area contributed by atoms with Gasteiger partial charge in [-0.1, -0.05) is 0 Å². The second kappa shape index (κ2) is 5.07. The van der Waals surface area contributed by atoms with Gasteiger partial charge in [-0.15, -0.1) is 0 Å². The minimum Gasteiger partial charge on any atom is -0.480 e. The molecular weight excluding hydrogens is 204 g/mol. The van der Waals surface area contributed by atoms with E-state index in [-0.39, 0.29) is 6.54 Å². The highest BCUT2D eigenvalue weighted by Gasteiger charge is 2.25. The quantitative estimate of drug-likeness (QED) is 0.787. The molecule has 1 heterocycles. The number of hydrogen-bond acceptors (Lipinski definition) is 3. The van der Waals surface area contributed by atoms with Crippen LogP contribution in [0, 0.1) is 5.92 Å². The molecule has 86 valence electrons. The second-order valence-electron chi connectivity index (χ2n) is 4.36. The normalized spacial score (nSPS) is 15.3. The Hall–Kier alpha value is -1.42. The molecule has 0 aromatic carbocycles. The summed E-state index contributed by atoms with van der Waals surface area (Å²) in [4.78, 5) is 16.7. The summed E-state index contributed by atoms with van der Waals surface area (Å²) in [5.74, 6) is -0.0455. The summed E-state index contributed by atoms with van der Waals surface area (Å²) in [5, 5.41) is 8.84. The zero-order valence-electron chi connectivity index (χ0n) is 9.17. The van der Waals surface area contributed by atoms with Gasteiger partial charge in [-0.2, -0.15) is 0 Å². The van der Waals surface area contributed by atoms with Crippen LogP contribution in [0.3, 0.4) is 0 Å². The largest absolute Gasteiger partial charge is 0.480 e. The fourth-order valence-electron chi connectivity index (χ4n) is 1.79. The highest BCUT2D eigenvalue weighted by Crippen LogP contribution is 2.30. The number of aliphatic carboxylic acids is 1. The Morgan fingerprint density at radius 2 is 2.12 bits per heavy atom. The van der Waals surface area contributed by atoms with Crippen LogP contribution in [0.15, 0.2) is 24.5 Å². The molecule has 16 heavy (non-hydrogen) atoms. The van der Waals surface area contributed by atoms with Crippen LogP contribution in [0.4, 0.5) is 0 Å². The summed E-state index contributed by atoms with van der Waals surface area (Å²) in [7, 11) is 0. The first-order valence-electron chi connectivity index (χ1n) is 5.57. The number of rotatable bonds is 6. The van der Waals surface area contributed by atoms with Gasteiger partial charge in [0.1, 0.15) is 0 Å². The van der Waals surface area contributed by atoms with Crippen molar-refractivity contribution in [1.82, 2.24) is 9.88 Å². The third-order valence-electron chi connectivity index (χ3n) is 2.73. The summed E-state index contributed by atoms with van der Waals surface area (Å²) < 4.78 is 0. The van der Waals surface area contributed by atoms with Crippen molar-refractivity contribution in [3.63, 3.8) is 0 Å². The molecule has 0 unspecified atom stereocenters. The first-order valence-corrected chi connectivity index (χ1v) is 5.57. The maximum Gasteiger partial charge on any atom is 0.317 e. The summed E-state index contributed by atoms with van der Waals surface area (Å²) in [6, 6.07) is 3.86. The minimum absolute atomic E-state index is 0.124. The monoisotopic (exact) mass is 220 g/mol. The Labute approximate surface area is 94.9 Å². The molecule has 0 amide bonds. The first kappa shape index (κ1) is 11.1. The standard InChI is InChI=1S/C12H16N2O2/c15-12(16)9-14(7-10-1-2-10)8-11-3-5-13-6-4-11/h3-6,10H,1-2,7-9H2,(H,15,16). The van der Waals surface area contributed by atoms with Gasteiger partial charge in [0.15, 0.2) is 0 Å². The van der Waals surface area contributed by atoms with Crippen LogP contribution >= 0.6 is 0 Å². The Morgan fingerprint density at radius 3 is 2.69 bits per heavy atom. The lowest BCUT2D eigenvalue weighted by molar-refractivity contribution is -0.138. The fraction of sp³-hybridized carbons (Fsp3) is 0.500. The van der Waals surface area contributed by atoms with E-state index in [0.717, 1.165) is 12.1 Å². The predicted octanol–water partition coefficient (Wildman–Crippen LogP) is 1.38. The average molecular weight is 220 g/mol. The van der Waals surface area contributed by atoms with Crippen molar-refractivity contribution in [3.8, 4) is 0 Å². The molecule has 1 fully saturated rings. The molecule has 4 nitrogen and oxygen atoms in total. The van der Waals surface area contributed by atoms with E-state index in [1.54, 1.807) is 12.4 Å². The molecule has 0 atom stereocenters. The van der Waals surface area contributed by atoms with E-state index in [1.807, 2.05) is 17.0 Å². The van der Waals surface area contributed by atoms with Crippen molar-refractivity contribution >= 4 is 5.97 Å². The molecular formula is C12H16N2O2. The van der Waals surface area contributed by atoms with Gasteiger partial charge in [-0.3, -0.25) is 14.7 Å². The smallest absolute Gasteiger partial charge is 0.317 e. The predicted molar refractivity (Wildman–Crippen MR) is 59.9 cm³/mol. The molecule has 0 aliphatic heterocycles. The van der Waals surface area contributed by atoms with Crippen LogP contribution in [0.25, 0.3) is 0 Å². The lowest BCUT2D eigenvalue weighted by Gasteiger charge is -2.19. The summed E-state index contributed by atoms with van der Waals surface area (Å²) >= 11 is 0. The zero-order chi connectivity index (χ0) is 11.4. The van der Waals surface area contributed by atoms with E-state index in [2.05, 4.69) is 4.98 Å². The van der Waals surface area contributed by atoms with Gasteiger partial charge in [0.05, 0.1) is 6.54 Å². The molecule has 0 spiro atoms. The maximum absolute atomic E-state index is 10.7. The molecule has 1 aliphatic carbocycles. The molecule has 0 bridgehead atoms. The third kappa shape index (κ3) is 3.62. The molecule has 1 aromatic rings. The van der Waals surface area contributed by atoms with E-state index in [1.165, 1.54) is 12.8 Å². The van der Waals surface area contributed by atoms with Gasteiger partial charge in [-0.05, 0) is 36.5 Å². The topological polar surface area (TPSA) is 53.4 Å². The van der Waals surface area contributed by atoms with Crippen LogP contribution in [-0.4, -0.2) is 34.0 Å². The van der Waals surface area contributed by atoms with Crippen LogP contribution in [0.5, 0.6) is 0 Å². The van der Waals surface area contributed by atoms with Gasteiger partial charge in [0.2, 0.25) is 0 Å². The van der Waals surface area contributed by atoms with Crippen LogP contribution < -0.4 is 0 Å². The Bertz CT molecular complexity index is 349. The van der Waals surface area contributed by atoms with E-state index < -0.39 is 5.97 Å². The molecule has 2 rings (SSSR count). The van der Waals surface area contributed by atoms with Gasteiger partial charge in [0, 0.05) is 25.5 Å². The van der Waals surface area contributed by atoms with Crippen LogP contribution in [0.1, 0.15) is 18.4 Å². The number of carboxylic acid groups (broad SMARTS) is 1. The Morgan fingerprint density at radius 1 is 1.44 bits per heavy atom. The minimum atomic E-state index is -0.755. The van der Waals surface area contributed by atoms with Gasteiger partial charge < -0.3 is 5.11 Å². The Balaban J connectivity index is 1.92. The van der Waals surface area contributed by atoms with Gasteiger partial charge in [0.25, 0.3) is 0 Å². The number of nitrogens with zero attached hydrogens (tertiary/aromatic N) is 2. The van der Waals surface area contributed by atoms with Gasteiger partial charge in [-0.25, -0.2) is 0 Å². The van der Waals surface area contributed by atoms with E-state index in [0.29, 0.717) is 12.5 Å². The average Bonchev–Trinajstić information content (AvgIpc) is 3.02. The third-order valence-corrected chi connectivity index (χ3v) is 2.73. The van der Waals surface area contributed by atoms with Crippen molar-refractivity contribution in [3.05, 3.63) is 30.1 Å². The molecule has 4 heteroatoms. The summed E-state index contributed by atoms with van der Waals surface area (Å²) in [5.41, 5.74) is 1.12. The lowest BCUT2D eigenvalue weighted by atomic mass is 10.2. The molecule has 1 aromatic heterocycles. The first-order chi connectivity index (χ1) is 7.74. The molecule has 0 radical (unpaired) electrons. The highest BCUT2D eigenvalue weighted by molar-refractivity contribution is 5.69. The van der Waals surface area contributed by atoms with E-state index in [4.69, 9.17) is 5.11 Å². The molecule has 1 aliphatic rings. The Kier molecular flexibility index (Phi) is 3.51. The SMILES string of the molecule is O=C(O)CN(Cc1ccncc1)CC1CC1.